The number of oxime groups is 1. The van der Waals surface area contributed by atoms with Crippen molar-refractivity contribution in [3.63, 3.8) is 0 Å². The quantitative estimate of drug-likeness (QED) is 0.271. The molecule has 6 atom stereocenters. The average Bonchev–Trinajstić information content (AvgIpc) is 3.11. The van der Waals surface area contributed by atoms with E-state index in [9.17, 15) is 14.4 Å². The van der Waals surface area contributed by atoms with E-state index in [4.69, 9.17) is 20.8 Å². The first-order valence-corrected chi connectivity index (χ1v) is 13.4. The van der Waals surface area contributed by atoms with Crippen molar-refractivity contribution < 1.29 is 29.4 Å². The van der Waals surface area contributed by atoms with Gasteiger partial charge in [-0.05, 0) is 87.0 Å². The van der Waals surface area contributed by atoms with Crippen molar-refractivity contribution in [1.29, 1.82) is 0 Å². The first kappa shape index (κ1) is 28.4. The van der Waals surface area contributed by atoms with Gasteiger partial charge in [0, 0.05) is 29.4 Å². The van der Waals surface area contributed by atoms with Crippen molar-refractivity contribution in [3.05, 3.63) is 12.2 Å². The van der Waals surface area contributed by atoms with Crippen molar-refractivity contribution >= 4 is 23.4 Å². The fraction of sp³-hybridized carbons (Fsp3) is 0.786. The second kappa shape index (κ2) is 11.0. The molecule has 4 aliphatic carbocycles. The lowest BCUT2D eigenvalue weighted by Crippen LogP contribution is -2.58. The number of carboxylic acid groups (broad SMARTS) is 2. The van der Waals surface area contributed by atoms with Gasteiger partial charge in [0.15, 0.2) is 0 Å². The smallest absolute Gasteiger partial charge is 0.328 e. The van der Waals surface area contributed by atoms with E-state index in [0.717, 1.165) is 43.9 Å². The Kier molecular flexibility index (Phi) is 8.69. The molecule has 0 bridgehead atoms. The molecular formula is C28H44N2O6. The molecule has 0 aliphatic heterocycles. The predicted octanol–water partition coefficient (Wildman–Crippen LogP) is 4.67. The maximum Gasteiger partial charge on any atom is 0.328 e. The monoisotopic (exact) mass is 504 g/mol. The Morgan fingerprint density at radius 1 is 1.00 bits per heavy atom. The number of Topliss-reactive ketones (excluding diaryl/α,β-unsaturated/α-hetero) is 1. The molecule has 4 fully saturated rings. The molecule has 0 aromatic rings. The summed E-state index contributed by atoms with van der Waals surface area (Å²) >= 11 is 0. The van der Waals surface area contributed by atoms with Crippen molar-refractivity contribution in [3.8, 4) is 0 Å². The van der Waals surface area contributed by atoms with Crippen LogP contribution in [0.2, 0.25) is 0 Å². The summed E-state index contributed by atoms with van der Waals surface area (Å²) < 4.78 is 0. The van der Waals surface area contributed by atoms with Crippen LogP contribution in [0.15, 0.2) is 17.3 Å². The van der Waals surface area contributed by atoms with Crippen LogP contribution < -0.4 is 5.73 Å². The van der Waals surface area contributed by atoms with Gasteiger partial charge in [-0.25, -0.2) is 9.59 Å². The van der Waals surface area contributed by atoms with Gasteiger partial charge in [-0.3, -0.25) is 4.79 Å². The molecule has 4 N–H and O–H groups in total. The van der Waals surface area contributed by atoms with Crippen LogP contribution >= 0.6 is 0 Å². The maximum absolute atomic E-state index is 12.6. The van der Waals surface area contributed by atoms with Gasteiger partial charge < -0.3 is 20.8 Å². The molecule has 202 valence electrons. The number of fused-ring (bicyclic) bond motifs is 5. The Hall–Kier alpha value is -2.22. The topological polar surface area (TPSA) is 139 Å². The highest BCUT2D eigenvalue weighted by Gasteiger charge is 2.62. The summed E-state index contributed by atoms with van der Waals surface area (Å²) in [5.74, 6) is 0.856. The van der Waals surface area contributed by atoms with E-state index >= 15 is 0 Å². The highest BCUT2D eigenvalue weighted by molar-refractivity contribution is 5.91. The van der Waals surface area contributed by atoms with Gasteiger partial charge in [0.1, 0.15) is 12.4 Å². The summed E-state index contributed by atoms with van der Waals surface area (Å²) in [6, 6.07) is 0. The highest BCUT2D eigenvalue weighted by atomic mass is 16.6. The van der Waals surface area contributed by atoms with Crippen LogP contribution in [-0.4, -0.2) is 46.8 Å². The zero-order chi connectivity index (χ0) is 26.7. The maximum atomic E-state index is 12.6. The molecule has 4 saturated carbocycles. The summed E-state index contributed by atoms with van der Waals surface area (Å²) in [5.41, 5.74) is 7.27. The van der Waals surface area contributed by atoms with Crippen LogP contribution in [0.3, 0.4) is 0 Å². The number of aliphatic carboxylic acids is 2. The minimum absolute atomic E-state index is 0.0159. The van der Waals surface area contributed by atoms with Gasteiger partial charge >= 0.3 is 11.9 Å². The second-order valence-electron chi connectivity index (χ2n) is 12.2. The first-order chi connectivity index (χ1) is 16.9. The first-order valence-electron chi connectivity index (χ1n) is 13.4. The third-order valence-corrected chi connectivity index (χ3v) is 10.1. The number of ketones is 1. The minimum atomic E-state index is -1.26. The zero-order valence-corrected chi connectivity index (χ0v) is 22.3. The lowest BCUT2D eigenvalue weighted by molar-refractivity contribution is -0.141. The Morgan fingerprint density at radius 2 is 1.67 bits per heavy atom. The van der Waals surface area contributed by atoms with E-state index in [1.807, 2.05) is 0 Å². The Balaban J connectivity index is 0.000000392. The minimum Gasteiger partial charge on any atom is -0.478 e. The molecule has 0 saturated heterocycles. The SMILES string of the molecule is CC1(C)/C(=N/OCCCN)CC[C@@]2(C)C1CC[C@@H]1[C@@H]2CC[C@]2(C)C(=O)CC[C@@H]12.O=C(O)/C=C/C(=O)O. The standard InChI is InChI=1S/C24H40N2O2.C4H4O4/c1-22(2)19-8-6-16-17-7-9-21(27)24(17,4)12-10-18(16)23(19,3)13-11-20(22)26-28-15-5-14-25;5-3(6)1-2-4(7)8/h16-19H,5-15,25H2,1-4H3;1-2H,(H,5,6)(H,7,8)/b26-20+;2-1+/t16-,17-,18-,19?,23+,24-;/m0./s1. The third-order valence-electron chi connectivity index (χ3n) is 10.1. The van der Waals surface area contributed by atoms with Crippen molar-refractivity contribution in [2.45, 2.75) is 85.5 Å². The van der Waals surface area contributed by atoms with Gasteiger partial charge in [0.25, 0.3) is 0 Å². The molecule has 1 unspecified atom stereocenters. The fourth-order valence-corrected chi connectivity index (χ4v) is 8.26. The number of carboxylic acids is 2. The molecule has 0 radical (unpaired) electrons. The summed E-state index contributed by atoms with van der Waals surface area (Å²) in [5, 5.41) is 20.2. The molecule has 4 rings (SSSR count). The van der Waals surface area contributed by atoms with E-state index in [-0.39, 0.29) is 10.8 Å². The molecule has 0 amide bonds. The van der Waals surface area contributed by atoms with Gasteiger partial charge in [-0.2, -0.15) is 0 Å². The van der Waals surface area contributed by atoms with Crippen molar-refractivity contribution in [2.24, 2.45) is 50.8 Å². The van der Waals surface area contributed by atoms with Crippen LogP contribution in [0.1, 0.15) is 85.5 Å². The number of rotatable bonds is 6. The number of hydrogen-bond donors (Lipinski definition) is 3. The lowest BCUT2D eigenvalue weighted by Gasteiger charge is -2.63. The van der Waals surface area contributed by atoms with Crippen molar-refractivity contribution in [1.82, 2.24) is 0 Å². The second-order valence-corrected chi connectivity index (χ2v) is 12.2. The van der Waals surface area contributed by atoms with Gasteiger partial charge in [-0.1, -0.05) is 32.9 Å². The molecule has 0 heterocycles. The number of carbonyl (C=O) groups is 3. The number of nitrogens with zero attached hydrogens (tertiary/aromatic N) is 1. The Bertz CT molecular complexity index is 896. The molecule has 8 nitrogen and oxygen atoms in total. The Labute approximate surface area is 214 Å². The third kappa shape index (κ3) is 5.38. The van der Waals surface area contributed by atoms with Crippen LogP contribution in [0.5, 0.6) is 0 Å². The molecule has 0 aromatic carbocycles. The van der Waals surface area contributed by atoms with Gasteiger partial charge in [0.05, 0.1) is 5.71 Å². The zero-order valence-electron chi connectivity index (χ0n) is 22.3. The molecule has 4 aliphatic rings. The number of carbonyl (C=O) groups excluding carboxylic acids is 1. The lowest BCUT2D eigenvalue weighted by atomic mass is 9.41. The molecule has 0 spiro atoms. The largest absolute Gasteiger partial charge is 0.478 e. The molecule has 0 aromatic heterocycles. The summed E-state index contributed by atoms with van der Waals surface area (Å²) in [6.45, 7) is 10.9. The summed E-state index contributed by atoms with van der Waals surface area (Å²) in [4.78, 5) is 37.4. The highest BCUT2D eigenvalue weighted by Crippen LogP contribution is 2.67. The fourth-order valence-electron chi connectivity index (χ4n) is 8.26. The van der Waals surface area contributed by atoms with E-state index in [0.29, 0.717) is 48.3 Å². The van der Waals surface area contributed by atoms with Crippen molar-refractivity contribution in [2.75, 3.05) is 13.2 Å². The van der Waals surface area contributed by atoms with E-state index in [2.05, 4.69) is 32.9 Å². The van der Waals surface area contributed by atoms with Crippen LogP contribution in [0.25, 0.3) is 0 Å². The van der Waals surface area contributed by atoms with E-state index in [1.54, 1.807) is 0 Å². The van der Waals surface area contributed by atoms with Gasteiger partial charge in [-0.15, -0.1) is 0 Å². The number of nitrogens with two attached hydrogens (primary N) is 1. The van der Waals surface area contributed by atoms with E-state index in [1.165, 1.54) is 31.4 Å². The normalized spacial score (nSPS) is 37.9. The Morgan fingerprint density at radius 3 is 2.28 bits per heavy atom. The summed E-state index contributed by atoms with van der Waals surface area (Å²) in [6.07, 6.45) is 11.1. The van der Waals surface area contributed by atoms with E-state index < -0.39 is 11.9 Å². The molecule has 8 heteroatoms. The molecule has 36 heavy (non-hydrogen) atoms. The number of hydrogen-bond acceptors (Lipinski definition) is 6. The average molecular weight is 505 g/mol. The predicted molar refractivity (Wildman–Crippen MR) is 137 cm³/mol. The van der Waals surface area contributed by atoms with Crippen LogP contribution in [0, 0.1) is 39.9 Å². The van der Waals surface area contributed by atoms with Crippen LogP contribution in [0.4, 0.5) is 0 Å². The molecular weight excluding hydrogens is 460 g/mol. The van der Waals surface area contributed by atoms with Gasteiger partial charge in [0.2, 0.25) is 0 Å². The summed E-state index contributed by atoms with van der Waals surface area (Å²) in [7, 11) is 0. The van der Waals surface area contributed by atoms with Crippen LogP contribution in [-0.2, 0) is 19.2 Å².